The standard InChI is InChI=1S/C12H23NS/c1-10(11-5-3-4-6-11)13-9-12(14-2)7-8-12/h10-11,13H,3-9H2,1-2H3. The van der Waals surface area contributed by atoms with Gasteiger partial charge in [-0.1, -0.05) is 12.8 Å². The maximum absolute atomic E-state index is 3.76. The van der Waals surface area contributed by atoms with Crippen molar-refractivity contribution in [3.05, 3.63) is 0 Å². The van der Waals surface area contributed by atoms with Gasteiger partial charge in [0.1, 0.15) is 0 Å². The van der Waals surface area contributed by atoms with Crippen LogP contribution in [0.15, 0.2) is 0 Å². The third kappa shape index (κ3) is 2.46. The topological polar surface area (TPSA) is 12.0 Å². The summed E-state index contributed by atoms with van der Waals surface area (Å²) in [5, 5.41) is 3.76. The molecule has 2 rings (SSSR count). The summed E-state index contributed by atoms with van der Waals surface area (Å²) in [5.74, 6) is 0.965. The van der Waals surface area contributed by atoms with Gasteiger partial charge in [-0.3, -0.25) is 0 Å². The van der Waals surface area contributed by atoms with E-state index in [1.165, 1.54) is 45.1 Å². The highest BCUT2D eigenvalue weighted by Crippen LogP contribution is 2.46. The van der Waals surface area contributed by atoms with E-state index in [4.69, 9.17) is 0 Å². The second-order valence-electron chi connectivity index (χ2n) is 5.10. The average Bonchev–Trinajstić information content (AvgIpc) is 2.78. The minimum absolute atomic E-state index is 0.632. The summed E-state index contributed by atoms with van der Waals surface area (Å²) in [4.78, 5) is 0. The summed E-state index contributed by atoms with van der Waals surface area (Å²) in [6, 6.07) is 0.752. The summed E-state index contributed by atoms with van der Waals surface area (Å²) >= 11 is 2.06. The molecule has 82 valence electrons. The van der Waals surface area contributed by atoms with Crippen molar-refractivity contribution in [1.29, 1.82) is 0 Å². The normalized spacial score (nSPS) is 27.9. The first-order chi connectivity index (χ1) is 6.76. The van der Waals surface area contributed by atoms with Gasteiger partial charge in [-0.15, -0.1) is 0 Å². The minimum Gasteiger partial charge on any atom is -0.313 e. The van der Waals surface area contributed by atoms with Crippen LogP contribution in [0.1, 0.15) is 45.4 Å². The van der Waals surface area contributed by atoms with Gasteiger partial charge in [0.2, 0.25) is 0 Å². The summed E-state index contributed by atoms with van der Waals surface area (Å²) in [6.07, 6.45) is 11.0. The van der Waals surface area contributed by atoms with Crippen LogP contribution in [-0.4, -0.2) is 23.6 Å². The summed E-state index contributed by atoms with van der Waals surface area (Å²) in [7, 11) is 0. The molecule has 2 heteroatoms. The Kier molecular flexibility index (Phi) is 3.43. The third-order valence-corrected chi connectivity index (χ3v) is 5.51. The Morgan fingerprint density at radius 1 is 1.36 bits per heavy atom. The van der Waals surface area contributed by atoms with Crippen LogP contribution in [0.3, 0.4) is 0 Å². The molecule has 0 radical (unpaired) electrons. The molecule has 0 aromatic heterocycles. The second kappa shape index (κ2) is 4.44. The monoisotopic (exact) mass is 213 g/mol. The maximum atomic E-state index is 3.76. The zero-order chi connectivity index (χ0) is 10.0. The Bertz CT molecular complexity index is 183. The molecule has 1 N–H and O–H groups in total. The van der Waals surface area contributed by atoms with Gasteiger partial charge >= 0.3 is 0 Å². The van der Waals surface area contributed by atoms with E-state index in [0.717, 1.165) is 12.0 Å². The van der Waals surface area contributed by atoms with Crippen LogP contribution >= 0.6 is 11.8 Å². The molecule has 0 spiro atoms. The average molecular weight is 213 g/mol. The fourth-order valence-corrected chi connectivity index (χ4v) is 3.30. The molecule has 1 atom stereocenters. The molecular weight excluding hydrogens is 190 g/mol. The zero-order valence-electron chi connectivity index (χ0n) is 9.51. The van der Waals surface area contributed by atoms with E-state index in [2.05, 4.69) is 30.3 Å². The van der Waals surface area contributed by atoms with Crippen molar-refractivity contribution < 1.29 is 0 Å². The summed E-state index contributed by atoms with van der Waals surface area (Å²) in [6.45, 7) is 3.62. The number of hydrogen-bond donors (Lipinski definition) is 1. The first-order valence-electron chi connectivity index (χ1n) is 6.04. The lowest BCUT2D eigenvalue weighted by Crippen LogP contribution is -2.37. The van der Waals surface area contributed by atoms with E-state index in [-0.39, 0.29) is 0 Å². The van der Waals surface area contributed by atoms with Crippen molar-refractivity contribution in [2.75, 3.05) is 12.8 Å². The zero-order valence-corrected chi connectivity index (χ0v) is 10.3. The molecule has 14 heavy (non-hydrogen) atoms. The van der Waals surface area contributed by atoms with Crippen LogP contribution in [0.4, 0.5) is 0 Å². The molecule has 2 saturated carbocycles. The number of hydrogen-bond acceptors (Lipinski definition) is 2. The molecule has 0 aromatic carbocycles. The smallest absolute Gasteiger partial charge is 0.0282 e. The van der Waals surface area contributed by atoms with E-state index in [9.17, 15) is 0 Å². The molecule has 0 amide bonds. The molecule has 2 aliphatic rings. The molecule has 1 unspecified atom stereocenters. The van der Waals surface area contributed by atoms with Crippen molar-refractivity contribution >= 4 is 11.8 Å². The van der Waals surface area contributed by atoms with Gasteiger partial charge in [0.05, 0.1) is 0 Å². The van der Waals surface area contributed by atoms with E-state index >= 15 is 0 Å². The van der Waals surface area contributed by atoms with E-state index < -0.39 is 0 Å². The second-order valence-corrected chi connectivity index (χ2v) is 6.38. The van der Waals surface area contributed by atoms with Crippen molar-refractivity contribution in [2.45, 2.75) is 56.2 Å². The molecule has 0 heterocycles. The first kappa shape index (κ1) is 10.8. The molecule has 2 fully saturated rings. The Balaban J connectivity index is 1.69. The van der Waals surface area contributed by atoms with Crippen LogP contribution in [-0.2, 0) is 0 Å². The highest BCUT2D eigenvalue weighted by atomic mass is 32.2. The summed E-state index contributed by atoms with van der Waals surface area (Å²) < 4.78 is 0.632. The van der Waals surface area contributed by atoms with Gasteiger partial charge in [-0.2, -0.15) is 11.8 Å². The number of nitrogens with one attached hydrogen (secondary N) is 1. The quantitative estimate of drug-likeness (QED) is 0.753. The van der Waals surface area contributed by atoms with Gasteiger partial charge in [-0.05, 0) is 44.8 Å². The Morgan fingerprint density at radius 3 is 2.50 bits per heavy atom. The maximum Gasteiger partial charge on any atom is 0.0282 e. The molecular formula is C12H23NS. The van der Waals surface area contributed by atoms with E-state index in [1.54, 1.807) is 0 Å². The predicted octanol–water partition coefficient (Wildman–Crippen LogP) is 3.05. The SMILES string of the molecule is CSC1(CNC(C)C2CCCC2)CC1. The molecule has 1 nitrogen and oxygen atoms in total. The molecule has 0 bridgehead atoms. The molecule has 0 saturated heterocycles. The van der Waals surface area contributed by atoms with Crippen molar-refractivity contribution in [3.63, 3.8) is 0 Å². The van der Waals surface area contributed by atoms with E-state index in [1.807, 2.05) is 0 Å². The lowest BCUT2D eigenvalue weighted by Gasteiger charge is -2.23. The van der Waals surface area contributed by atoms with Crippen LogP contribution in [0.25, 0.3) is 0 Å². The van der Waals surface area contributed by atoms with Crippen LogP contribution < -0.4 is 5.32 Å². The van der Waals surface area contributed by atoms with Crippen LogP contribution in [0.2, 0.25) is 0 Å². The van der Waals surface area contributed by atoms with Gasteiger partial charge in [0.25, 0.3) is 0 Å². The van der Waals surface area contributed by atoms with Gasteiger partial charge in [0, 0.05) is 17.3 Å². The fourth-order valence-electron chi connectivity index (χ4n) is 2.56. The highest BCUT2D eigenvalue weighted by molar-refractivity contribution is 8.00. The van der Waals surface area contributed by atoms with Crippen molar-refractivity contribution in [1.82, 2.24) is 5.32 Å². The number of thioether (sulfide) groups is 1. The predicted molar refractivity (Wildman–Crippen MR) is 64.9 cm³/mol. The molecule has 2 aliphatic carbocycles. The van der Waals surface area contributed by atoms with E-state index in [0.29, 0.717) is 4.75 Å². The third-order valence-electron chi connectivity index (χ3n) is 4.09. The Morgan fingerprint density at radius 2 is 2.00 bits per heavy atom. The molecule has 0 aliphatic heterocycles. The molecule has 0 aromatic rings. The first-order valence-corrected chi connectivity index (χ1v) is 7.27. The number of rotatable bonds is 5. The Hall–Kier alpha value is 0.310. The van der Waals surface area contributed by atoms with Gasteiger partial charge in [-0.25, -0.2) is 0 Å². The summed E-state index contributed by atoms with van der Waals surface area (Å²) in [5.41, 5.74) is 0. The van der Waals surface area contributed by atoms with Crippen molar-refractivity contribution in [2.24, 2.45) is 5.92 Å². The highest BCUT2D eigenvalue weighted by Gasteiger charge is 2.41. The van der Waals surface area contributed by atoms with Gasteiger partial charge < -0.3 is 5.32 Å². The fraction of sp³-hybridized carbons (Fsp3) is 1.00. The lowest BCUT2D eigenvalue weighted by atomic mass is 10.00. The van der Waals surface area contributed by atoms with Crippen LogP contribution in [0.5, 0.6) is 0 Å². The minimum atomic E-state index is 0.632. The van der Waals surface area contributed by atoms with Crippen molar-refractivity contribution in [3.8, 4) is 0 Å². The largest absolute Gasteiger partial charge is 0.313 e. The lowest BCUT2D eigenvalue weighted by molar-refractivity contribution is 0.381. The van der Waals surface area contributed by atoms with Gasteiger partial charge in [0.15, 0.2) is 0 Å². The Labute approximate surface area is 92.4 Å². The van der Waals surface area contributed by atoms with Crippen LogP contribution in [0, 0.1) is 5.92 Å².